The van der Waals surface area contributed by atoms with Gasteiger partial charge in [-0.15, -0.1) is 0 Å². The van der Waals surface area contributed by atoms with Gasteiger partial charge in [-0.05, 0) is 24.1 Å². The summed E-state index contributed by atoms with van der Waals surface area (Å²) in [6.07, 6.45) is 2.01. The summed E-state index contributed by atoms with van der Waals surface area (Å²) in [5.74, 6) is 0.736. The Morgan fingerprint density at radius 2 is 1.90 bits per heavy atom. The first-order chi connectivity index (χ1) is 14.1. The van der Waals surface area contributed by atoms with E-state index in [1.54, 1.807) is 0 Å². The first-order valence-corrected chi connectivity index (χ1v) is 10.6. The van der Waals surface area contributed by atoms with Crippen molar-refractivity contribution in [3.63, 3.8) is 0 Å². The third-order valence-electron chi connectivity index (χ3n) is 4.53. The van der Waals surface area contributed by atoms with Crippen molar-refractivity contribution in [2.45, 2.75) is 18.7 Å². The van der Waals surface area contributed by atoms with E-state index in [0.29, 0.717) is 24.2 Å². The zero-order valence-corrected chi connectivity index (χ0v) is 17.3. The Morgan fingerprint density at radius 1 is 1.23 bits per heavy atom. The minimum atomic E-state index is -4.15. The number of phenols is 1. The van der Waals surface area contributed by atoms with Crippen molar-refractivity contribution in [3.8, 4) is 5.75 Å². The van der Waals surface area contributed by atoms with Gasteiger partial charge in [0.1, 0.15) is 16.3 Å². The van der Waals surface area contributed by atoms with Gasteiger partial charge in [-0.2, -0.15) is 0 Å². The molecule has 0 fully saturated rings. The van der Waals surface area contributed by atoms with E-state index in [1.807, 2.05) is 6.08 Å². The van der Waals surface area contributed by atoms with Gasteiger partial charge in [-0.1, -0.05) is 19.9 Å². The SMILES string of the molecule is CC(C)C1C=C(CN=C2N=C(N)C(N)=NC2=Nc2cccc(S(N)(=O)=O)c2O)OC1. The monoisotopic (exact) mass is 433 g/mol. The maximum Gasteiger partial charge on any atom is 0.241 e. The predicted molar refractivity (Wildman–Crippen MR) is 114 cm³/mol. The molecule has 0 spiro atoms. The van der Waals surface area contributed by atoms with Gasteiger partial charge >= 0.3 is 0 Å². The molecule has 0 aliphatic carbocycles. The van der Waals surface area contributed by atoms with E-state index in [4.69, 9.17) is 21.3 Å². The van der Waals surface area contributed by atoms with Gasteiger partial charge in [-0.3, -0.25) is 4.99 Å². The highest BCUT2D eigenvalue weighted by atomic mass is 32.2. The summed E-state index contributed by atoms with van der Waals surface area (Å²) < 4.78 is 28.9. The molecular formula is C18H23N7O4S. The number of ether oxygens (including phenoxy) is 1. The third-order valence-corrected chi connectivity index (χ3v) is 5.47. The molecule has 0 amide bonds. The zero-order valence-electron chi connectivity index (χ0n) is 16.5. The lowest BCUT2D eigenvalue weighted by atomic mass is 9.98. The molecule has 2 aliphatic rings. The molecule has 7 N–H and O–H groups in total. The molecular weight excluding hydrogens is 410 g/mol. The second-order valence-electron chi connectivity index (χ2n) is 7.09. The molecule has 2 aliphatic heterocycles. The van der Waals surface area contributed by atoms with Crippen molar-refractivity contribution in [3.05, 3.63) is 30.0 Å². The highest BCUT2D eigenvalue weighted by Gasteiger charge is 2.23. The zero-order chi connectivity index (χ0) is 22.1. The number of aromatic hydroxyl groups is 1. The third kappa shape index (κ3) is 4.66. The minimum Gasteiger partial charge on any atom is -0.504 e. The van der Waals surface area contributed by atoms with Crippen LogP contribution in [0.15, 0.2) is 54.9 Å². The van der Waals surface area contributed by atoms with Crippen LogP contribution in [0.3, 0.4) is 0 Å². The molecule has 12 heteroatoms. The lowest BCUT2D eigenvalue weighted by Gasteiger charge is -2.11. The van der Waals surface area contributed by atoms with Crippen LogP contribution in [0.2, 0.25) is 0 Å². The number of aliphatic imine (C=N–C) groups is 4. The predicted octanol–water partition coefficient (Wildman–Crippen LogP) is 0.382. The first kappa shape index (κ1) is 21.5. The Bertz CT molecular complexity index is 1120. The first-order valence-electron chi connectivity index (χ1n) is 9.06. The molecule has 1 unspecified atom stereocenters. The number of primary sulfonamides is 1. The van der Waals surface area contributed by atoms with Crippen molar-refractivity contribution in [1.29, 1.82) is 0 Å². The second-order valence-corrected chi connectivity index (χ2v) is 8.62. The number of nitrogens with two attached hydrogens (primary N) is 3. The molecule has 160 valence electrons. The van der Waals surface area contributed by atoms with Gasteiger partial charge in [0.05, 0.1) is 13.2 Å². The fourth-order valence-electron chi connectivity index (χ4n) is 2.74. The van der Waals surface area contributed by atoms with Gasteiger partial charge in [0.25, 0.3) is 0 Å². The van der Waals surface area contributed by atoms with Crippen LogP contribution in [0.1, 0.15) is 13.8 Å². The van der Waals surface area contributed by atoms with Gasteiger partial charge in [0.15, 0.2) is 29.1 Å². The summed E-state index contributed by atoms with van der Waals surface area (Å²) in [5, 5.41) is 15.4. The van der Waals surface area contributed by atoms with Crippen LogP contribution in [-0.2, 0) is 14.8 Å². The number of hydrogen-bond donors (Lipinski definition) is 4. The van der Waals surface area contributed by atoms with Crippen LogP contribution in [0.5, 0.6) is 5.75 Å². The highest BCUT2D eigenvalue weighted by Crippen LogP contribution is 2.33. The Hall–Kier alpha value is -3.25. The van der Waals surface area contributed by atoms with Crippen molar-refractivity contribution >= 4 is 39.1 Å². The van der Waals surface area contributed by atoms with Crippen molar-refractivity contribution < 1.29 is 18.3 Å². The van der Waals surface area contributed by atoms with E-state index >= 15 is 0 Å². The number of amidine groups is 4. The van der Waals surface area contributed by atoms with Crippen LogP contribution in [0.4, 0.5) is 5.69 Å². The molecule has 0 radical (unpaired) electrons. The topological polar surface area (TPSA) is 191 Å². The molecule has 11 nitrogen and oxygen atoms in total. The number of phenolic OH excluding ortho intramolecular Hbond substituents is 1. The van der Waals surface area contributed by atoms with E-state index < -0.39 is 20.7 Å². The Labute approximate surface area is 173 Å². The summed E-state index contributed by atoms with van der Waals surface area (Å²) in [6, 6.07) is 3.93. The maximum absolute atomic E-state index is 11.6. The van der Waals surface area contributed by atoms with Crippen LogP contribution in [0, 0.1) is 11.8 Å². The maximum atomic E-state index is 11.6. The number of benzene rings is 1. The van der Waals surface area contributed by atoms with Crippen LogP contribution in [0.25, 0.3) is 0 Å². The van der Waals surface area contributed by atoms with Gasteiger partial charge in [0.2, 0.25) is 10.0 Å². The van der Waals surface area contributed by atoms with Crippen molar-refractivity contribution in [1.82, 2.24) is 0 Å². The average molecular weight is 433 g/mol. The summed E-state index contributed by atoms with van der Waals surface area (Å²) in [7, 11) is -4.15. The van der Waals surface area contributed by atoms with Gasteiger partial charge < -0.3 is 21.3 Å². The molecule has 0 bridgehead atoms. The smallest absolute Gasteiger partial charge is 0.241 e. The lowest BCUT2D eigenvalue weighted by molar-refractivity contribution is 0.199. The Morgan fingerprint density at radius 3 is 2.50 bits per heavy atom. The summed E-state index contributed by atoms with van der Waals surface area (Å²) in [5.41, 5.74) is 11.4. The molecule has 3 rings (SSSR count). The quantitative estimate of drug-likeness (QED) is 0.518. The van der Waals surface area contributed by atoms with Gasteiger partial charge in [0, 0.05) is 5.92 Å². The van der Waals surface area contributed by atoms with Crippen LogP contribution >= 0.6 is 0 Å². The van der Waals surface area contributed by atoms with Crippen molar-refractivity contribution in [2.75, 3.05) is 13.2 Å². The molecule has 30 heavy (non-hydrogen) atoms. The molecule has 0 saturated carbocycles. The Balaban J connectivity index is 1.97. The molecule has 1 aromatic rings. The second kappa shape index (κ2) is 8.24. The molecule has 0 aromatic heterocycles. The van der Waals surface area contributed by atoms with E-state index in [0.717, 1.165) is 6.07 Å². The Kier molecular flexibility index (Phi) is 5.89. The van der Waals surface area contributed by atoms with Crippen LogP contribution in [-0.4, -0.2) is 50.0 Å². The lowest BCUT2D eigenvalue weighted by Crippen LogP contribution is -2.38. The van der Waals surface area contributed by atoms with E-state index in [2.05, 4.69) is 33.8 Å². The van der Waals surface area contributed by atoms with Gasteiger partial charge in [-0.25, -0.2) is 28.5 Å². The van der Waals surface area contributed by atoms with Crippen LogP contribution < -0.4 is 16.6 Å². The number of sulfonamides is 1. The molecule has 2 heterocycles. The number of hydrogen-bond acceptors (Lipinski definition) is 8. The average Bonchev–Trinajstić information content (AvgIpc) is 3.13. The number of nitrogens with zero attached hydrogens (tertiary/aromatic N) is 4. The summed E-state index contributed by atoms with van der Waals surface area (Å²) in [4.78, 5) is 16.2. The fourth-order valence-corrected chi connectivity index (χ4v) is 3.39. The van der Waals surface area contributed by atoms with Crippen molar-refractivity contribution in [2.24, 2.45) is 48.4 Å². The standard InChI is InChI=1S/C18H23N7O4S/c1-9(2)10-6-11(29-8-10)7-22-17-18(25-16(20)15(19)24-17)23-12-4-3-5-13(14(12)26)30(21,27)28/h3-6,9-10,26H,7-8H2,1-2H3,(H2,19,22,24)(H2,20,23,25)(H2,21,27,28). The van der Waals surface area contributed by atoms with E-state index in [9.17, 15) is 13.5 Å². The minimum absolute atomic E-state index is 0.0309. The largest absolute Gasteiger partial charge is 0.504 e. The molecule has 0 saturated heterocycles. The normalized spacial score (nSPS) is 22.1. The number of rotatable bonds is 5. The molecule has 1 atom stereocenters. The van der Waals surface area contributed by atoms with E-state index in [1.165, 1.54) is 12.1 Å². The summed E-state index contributed by atoms with van der Waals surface area (Å²) in [6.45, 7) is 4.99. The summed E-state index contributed by atoms with van der Waals surface area (Å²) >= 11 is 0. The number of para-hydroxylation sites is 1. The highest BCUT2D eigenvalue weighted by molar-refractivity contribution is 7.89. The molecule has 1 aromatic carbocycles. The fraction of sp³-hybridized carbons (Fsp3) is 0.333. The van der Waals surface area contributed by atoms with E-state index in [-0.39, 0.29) is 35.6 Å².